The highest BCUT2D eigenvalue weighted by Crippen LogP contribution is 2.28. The Kier molecular flexibility index (Phi) is 3.65. The van der Waals surface area contributed by atoms with Gasteiger partial charge in [0.2, 0.25) is 5.91 Å². The van der Waals surface area contributed by atoms with Crippen LogP contribution in [0.5, 0.6) is 0 Å². The van der Waals surface area contributed by atoms with Gasteiger partial charge in [-0.2, -0.15) is 5.26 Å². The van der Waals surface area contributed by atoms with E-state index in [1.807, 2.05) is 24.3 Å². The van der Waals surface area contributed by atoms with Crippen molar-refractivity contribution in [2.75, 3.05) is 4.90 Å². The first-order chi connectivity index (χ1) is 10.3. The molecule has 0 spiro atoms. The van der Waals surface area contributed by atoms with Crippen molar-refractivity contribution < 1.29 is 4.79 Å². The van der Waals surface area contributed by atoms with E-state index in [0.717, 1.165) is 24.1 Å². The third-order valence-corrected chi connectivity index (χ3v) is 3.75. The van der Waals surface area contributed by atoms with E-state index in [0.29, 0.717) is 18.7 Å². The number of carbonyl (C=O) groups is 1. The second-order valence-corrected chi connectivity index (χ2v) is 5.09. The molecule has 0 N–H and O–H groups in total. The number of nitriles is 1. The predicted molar refractivity (Wildman–Crippen MR) is 79.5 cm³/mol. The molecule has 0 atom stereocenters. The van der Waals surface area contributed by atoms with Crippen molar-refractivity contribution in [2.24, 2.45) is 0 Å². The molecular formula is C17H15N3O. The smallest absolute Gasteiger partial charge is 0.227 e. The van der Waals surface area contributed by atoms with Crippen LogP contribution in [-0.4, -0.2) is 10.9 Å². The van der Waals surface area contributed by atoms with E-state index in [1.54, 1.807) is 17.2 Å². The van der Waals surface area contributed by atoms with E-state index in [2.05, 4.69) is 17.1 Å². The van der Waals surface area contributed by atoms with Crippen LogP contribution >= 0.6 is 0 Å². The van der Waals surface area contributed by atoms with Crippen LogP contribution in [0.15, 0.2) is 42.6 Å². The zero-order valence-corrected chi connectivity index (χ0v) is 11.6. The minimum atomic E-state index is 0.104. The number of amides is 1. The number of aryl methyl sites for hydroxylation is 1. The van der Waals surface area contributed by atoms with Crippen LogP contribution < -0.4 is 4.90 Å². The number of nitrogens with zero attached hydrogens (tertiary/aromatic N) is 3. The van der Waals surface area contributed by atoms with E-state index in [9.17, 15) is 4.79 Å². The Balaban J connectivity index is 2.00. The Hall–Kier alpha value is -2.67. The maximum atomic E-state index is 12.4. The minimum Gasteiger partial charge on any atom is -0.308 e. The second-order valence-electron chi connectivity index (χ2n) is 5.09. The minimum absolute atomic E-state index is 0.104. The molecule has 4 nitrogen and oxygen atoms in total. The van der Waals surface area contributed by atoms with Gasteiger partial charge in [-0.25, -0.2) is 4.98 Å². The highest BCUT2D eigenvalue weighted by molar-refractivity contribution is 5.94. The van der Waals surface area contributed by atoms with E-state index in [1.165, 1.54) is 5.56 Å². The third-order valence-electron chi connectivity index (χ3n) is 3.75. The summed E-state index contributed by atoms with van der Waals surface area (Å²) >= 11 is 0. The van der Waals surface area contributed by atoms with E-state index in [4.69, 9.17) is 5.26 Å². The van der Waals surface area contributed by atoms with Gasteiger partial charge in [-0.15, -0.1) is 0 Å². The zero-order valence-electron chi connectivity index (χ0n) is 11.6. The average Bonchev–Trinajstić information content (AvgIpc) is 2.68. The fourth-order valence-electron chi connectivity index (χ4n) is 2.70. The normalized spacial score (nSPS) is 14.2. The van der Waals surface area contributed by atoms with Crippen molar-refractivity contribution in [1.82, 2.24) is 4.98 Å². The summed E-state index contributed by atoms with van der Waals surface area (Å²) in [5, 5.41) is 9.15. The molecule has 1 aromatic carbocycles. The van der Waals surface area contributed by atoms with Crippen molar-refractivity contribution in [3.05, 3.63) is 59.4 Å². The largest absolute Gasteiger partial charge is 0.308 e. The zero-order chi connectivity index (χ0) is 14.7. The van der Waals surface area contributed by atoms with Crippen LogP contribution in [0.3, 0.4) is 0 Å². The third kappa shape index (κ3) is 2.63. The van der Waals surface area contributed by atoms with Crippen LogP contribution in [0.2, 0.25) is 0 Å². The Labute approximate surface area is 123 Å². The lowest BCUT2D eigenvalue weighted by Crippen LogP contribution is -2.30. The summed E-state index contributed by atoms with van der Waals surface area (Å²) in [6.07, 6.45) is 3.91. The molecule has 104 valence electrons. The SMILES string of the molecule is N#Cc1ncccc1CN1C(=O)CCCc2ccccc21. The first-order valence-corrected chi connectivity index (χ1v) is 7.02. The van der Waals surface area contributed by atoms with Gasteiger partial charge in [0.05, 0.1) is 6.54 Å². The van der Waals surface area contributed by atoms with E-state index >= 15 is 0 Å². The highest BCUT2D eigenvalue weighted by Gasteiger charge is 2.22. The van der Waals surface area contributed by atoms with Crippen molar-refractivity contribution >= 4 is 11.6 Å². The summed E-state index contributed by atoms with van der Waals surface area (Å²) in [6, 6.07) is 13.7. The lowest BCUT2D eigenvalue weighted by Gasteiger charge is -2.23. The molecule has 0 unspecified atom stereocenters. The number of rotatable bonds is 2. The van der Waals surface area contributed by atoms with Crippen molar-refractivity contribution in [2.45, 2.75) is 25.8 Å². The number of fused-ring (bicyclic) bond motifs is 1. The molecule has 2 aromatic rings. The maximum Gasteiger partial charge on any atom is 0.227 e. The summed E-state index contributed by atoms with van der Waals surface area (Å²) < 4.78 is 0. The molecular weight excluding hydrogens is 262 g/mol. The quantitative estimate of drug-likeness (QED) is 0.848. The molecule has 1 aliphatic heterocycles. The Morgan fingerprint density at radius 3 is 2.90 bits per heavy atom. The van der Waals surface area contributed by atoms with Crippen LogP contribution in [-0.2, 0) is 17.8 Å². The van der Waals surface area contributed by atoms with Crippen LogP contribution in [0.4, 0.5) is 5.69 Å². The molecule has 1 aromatic heterocycles. The number of hydrogen-bond donors (Lipinski definition) is 0. The van der Waals surface area contributed by atoms with Gasteiger partial charge in [0, 0.05) is 23.9 Å². The topological polar surface area (TPSA) is 57.0 Å². The maximum absolute atomic E-state index is 12.4. The standard InChI is InChI=1S/C17H15N3O/c18-11-15-14(7-4-10-19-15)12-20-16-8-2-1-5-13(16)6-3-9-17(20)21/h1-2,4-5,7-8,10H,3,6,9,12H2. The molecule has 1 aliphatic rings. The van der Waals surface area contributed by atoms with Crippen LogP contribution in [0, 0.1) is 11.3 Å². The number of hydrogen-bond acceptors (Lipinski definition) is 3. The number of para-hydroxylation sites is 1. The predicted octanol–water partition coefficient (Wildman–Crippen LogP) is 2.82. The fraction of sp³-hybridized carbons (Fsp3) is 0.235. The van der Waals surface area contributed by atoms with Gasteiger partial charge in [-0.3, -0.25) is 4.79 Å². The van der Waals surface area contributed by atoms with Gasteiger partial charge in [0.25, 0.3) is 0 Å². The van der Waals surface area contributed by atoms with Crippen LogP contribution in [0.1, 0.15) is 29.7 Å². The molecule has 0 saturated heterocycles. The molecule has 3 rings (SSSR count). The summed E-state index contributed by atoms with van der Waals surface area (Å²) in [5.74, 6) is 0.104. The van der Waals surface area contributed by atoms with Crippen molar-refractivity contribution in [3.8, 4) is 6.07 Å². The van der Waals surface area contributed by atoms with Crippen molar-refractivity contribution in [1.29, 1.82) is 5.26 Å². The molecule has 0 saturated carbocycles. The highest BCUT2D eigenvalue weighted by atomic mass is 16.2. The first-order valence-electron chi connectivity index (χ1n) is 7.02. The van der Waals surface area contributed by atoms with Gasteiger partial charge in [0.15, 0.2) is 0 Å². The Bertz CT molecular complexity index is 718. The summed E-state index contributed by atoms with van der Waals surface area (Å²) in [5.41, 5.74) is 3.30. The number of anilines is 1. The molecule has 0 fully saturated rings. The van der Waals surface area contributed by atoms with Crippen LogP contribution in [0.25, 0.3) is 0 Å². The molecule has 0 aliphatic carbocycles. The number of aromatic nitrogens is 1. The Morgan fingerprint density at radius 1 is 1.19 bits per heavy atom. The first kappa shape index (κ1) is 13.3. The summed E-state index contributed by atoms with van der Waals surface area (Å²) in [6.45, 7) is 0.395. The number of carbonyl (C=O) groups excluding carboxylic acids is 1. The van der Waals surface area contributed by atoms with E-state index in [-0.39, 0.29) is 5.91 Å². The molecule has 21 heavy (non-hydrogen) atoms. The van der Waals surface area contributed by atoms with Gasteiger partial charge < -0.3 is 4.90 Å². The molecule has 0 radical (unpaired) electrons. The molecule has 0 bridgehead atoms. The fourth-order valence-corrected chi connectivity index (χ4v) is 2.70. The summed E-state index contributed by atoms with van der Waals surface area (Å²) in [7, 11) is 0. The van der Waals surface area contributed by atoms with Gasteiger partial charge in [-0.1, -0.05) is 24.3 Å². The number of pyridine rings is 1. The lowest BCUT2D eigenvalue weighted by molar-refractivity contribution is -0.118. The Morgan fingerprint density at radius 2 is 2.05 bits per heavy atom. The van der Waals surface area contributed by atoms with Gasteiger partial charge >= 0.3 is 0 Å². The monoisotopic (exact) mass is 277 g/mol. The average molecular weight is 277 g/mol. The number of benzene rings is 1. The van der Waals surface area contributed by atoms with Crippen molar-refractivity contribution in [3.63, 3.8) is 0 Å². The molecule has 4 heteroatoms. The second kappa shape index (κ2) is 5.76. The van der Waals surface area contributed by atoms with Gasteiger partial charge in [-0.05, 0) is 30.5 Å². The molecule has 1 amide bonds. The van der Waals surface area contributed by atoms with E-state index < -0.39 is 0 Å². The lowest BCUT2D eigenvalue weighted by atomic mass is 10.1. The van der Waals surface area contributed by atoms with Gasteiger partial charge in [0.1, 0.15) is 11.8 Å². The molecule has 2 heterocycles. The summed E-state index contributed by atoms with van der Waals surface area (Å²) in [4.78, 5) is 18.2.